The Balaban J connectivity index is 1.60. The minimum absolute atomic E-state index is 0.652. The Labute approximate surface area is 80.2 Å². The van der Waals surface area contributed by atoms with E-state index in [4.69, 9.17) is 10.5 Å². The first-order valence-corrected chi connectivity index (χ1v) is 5.42. The summed E-state index contributed by atoms with van der Waals surface area (Å²) < 4.78 is 5.46. The van der Waals surface area contributed by atoms with Gasteiger partial charge >= 0.3 is 0 Å². The zero-order chi connectivity index (χ0) is 9.10. The van der Waals surface area contributed by atoms with Crippen molar-refractivity contribution in [1.82, 2.24) is 4.90 Å². The Morgan fingerprint density at radius 1 is 1.31 bits per heavy atom. The lowest BCUT2D eigenvalue weighted by Crippen LogP contribution is -2.24. The van der Waals surface area contributed by atoms with Gasteiger partial charge in [0.15, 0.2) is 0 Å². The highest BCUT2D eigenvalue weighted by Gasteiger charge is 2.34. The van der Waals surface area contributed by atoms with Crippen molar-refractivity contribution in [2.45, 2.75) is 25.3 Å². The summed E-state index contributed by atoms with van der Waals surface area (Å²) in [5, 5.41) is 0. The van der Waals surface area contributed by atoms with Gasteiger partial charge in [-0.2, -0.15) is 0 Å². The standard InChI is InChI=1S/C10H20N2O/c11-4-6-13-8-9-3-5-12(7-9)10-1-2-10/h9-10H,1-8,11H2. The van der Waals surface area contributed by atoms with Crippen molar-refractivity contribution >= 4 is 0 Å². The Hall–Kier alpha value is -0.120. The van der Waals surface area contributed by atoms with Gasteiger partial charge < -0.3 is 15.4 Å². The molecule has 1 unspecified atom stereocenters. The Kier molecular flexibility index (Phi) is 3.19. The molecule has 76 valence electrons. The third-order valence-corrected chi connectivity index (χ3v) is 3.00. The van der Waals surface area contributed by atoms with E-state index in [1.807, 2.05) is 0 Å². The van der Waals surface area contributed by atoms with Crippen LogP contribution < -0.4 is 5.73 Å². The van der Waals surface area contributed by atoms with Crippen molar-refractivity contribution in [2.24, 2.45) is 11.7 Å². The maximum atomic E-state index is 5.46. The van der Waals surface area contributed by atoms with Crippen molar-refractivity contribution < 1.29 is 4.74 Å². The molecule has 2 fully saturated rings. The predicted octanol–water partition coefficient (Wildman–Crippen LogP) is 0.446. The Morgan fingerprint density at radius 2 is 2.15 bits per heavy atom. The third-order valence-electron chi connectivity index (χ3n) is 3.00. The van der Waals surface area contributed by atoms with Gasteiger partial charge in [-0.1, -0.05) is 0 Å². The molecule has 2 N–H and O–H groups in total. The summed E-state index contributed by atoms with van der Waals surface area (Å²) in [5.74, 6) is 0.771. The van der Waals surface area contributed by atoms with Crippen LogP contribution in [0.2, 0.25) is 0 Å². The van der Waals surface area contributed by atoms with E-state index in [1.165, 1.54) is 32.4 Å². The molecule has 0 aromatic rings. The van der Waals surface area contributed by atoms with Crippen LogP contribution in [0.1, 0.15) is 19.3 Å². The molecule has 0 amide bonds. The highest BCUT2D eigenvalue weighted by molar-refractivity contribution is 4.89. The van der Waals surface area contributed by atoms with Crippen LogP contribution in [0.5, 0.6) is 0 Å². The lowest BCUT2D eigenvalue weighted by molar-refractivity contribution is 0.107. The molecular formula is C10H20N2O. The maximum Gasteiger partial charge on any atom is 0.0588 e. The Bertz CT molecular complexity index is 159. The van der Waals surface area contributed by atoms with Gasteiger partial charge in [0.05, 0.1) is 13.2 Å². The van der Waals surface area contributed by atoms with Crippen molar-refractivity contribution in [3.8, 4) is 0 Å². The van der Waals surface area contributed by atoms with E-state index < -0.39 is 0 Å². The van der Waals surface area contributed by atoms with Crippen LogP contribution in [0.4, 0.5) is 0 Å². The van der Waals surface area contributed by atoms with Crippen molar-refractivity contribution in [3.63, 3.8) is 0 Å². The van der Waals surface area contributed by atoms with E-state index in [0.717, 1.165) is 25.2 Å². The molecule has 0 aromatic carbocycles. The number of hydrogen-bond donors (Lipinski definition) is 1. The lowest BCUT2D eigenvalue weighted by atomic mass is 10.1. The van der Waals surface area contributed by atoms with E-state index >= 15 is 0 Å². The van der Waals surface area contributed by atoms with Crippen molar-refractivity contribution in [2.75, 3.05) is 32.8 Å². The fourth-order valence-electron chi connectivity index (χ4n) is 2.10. The van der Waals surface area contributed by atoms with Crippen LogP contribution in [0.3, 0.4) is 0 Å². The summed E-state index contributed by atoms with van der Waals surface area (Å²) in [6.45, 7) is 4.84. The van der Waals surface area contributed by atoms with E-state index in [1.54, 1.807) is 0 Å². The largest absolute Gasteiger partial charge is 0.380 e. The fraction of sp³-hybridized carbons (Fsp3) is 1.00. The number of hydrogen-bond acceptors (Lipinski definition) is 3. The second-order valence-electron chi connectivity index (χ2n) is 4.24. The maximum absolute atomic E-state index is 5.46. The fourth-order valence-corrected chi connectivity index (χ4v) is 2.10. The second kappa shape index (κ2) is 4.40. The first-order chi connectivity index (χ1) is 6.40. The average molecular weight is 184 g/mol. The van der Waals surface area contributed by atoms with Crippen LogP contribution in [0.15, 0.2) is 0 Å². The molecule has 3 nitrogen and oxygen atoms in total. The molecule has 0 bridgehead atoms. The minimum atomic E-state index is 0.652. The quantitative estimate of drug-likeness (QED) is 0.630. The molecule has 1 saturated heterocycles. The lowest BCUT2D eigenvalue weighted by Gasteiger charge is -2.14. The van der Waals surface area contributed by atoms with Crippen molar-refractivity contribution in [3.05, 3.63) is 0 Å². The van der Waals surface area contributed by atoms with Gasteiger partial charge in [-0.15, -0.1) is 0 Å². The van der Waals surface area contributed by atoms with Crippen molar-refractivity contribution in [1.29, 1.82) is 0 Å². The van der Waals surface area contributed by atoms with Gasteiger partial charge in [0.1, 0.15) is 0 Å². The Morgan fingerprint density at radius 3 is 2.85 bits per heavy atom. The van der Waals surface area contributed by atoms with Gasteiger partial charge in [-0.3, -0.25) is 0 Å². The number of ether oxygens (including phenoxy) is 1. The van der Waals surface area contributed by atoms with Crippen LogP contribution in [0, 0.1) is 5.92 Å². The monoisotopic (exact) mass is 184 g/mol. The van der Waals surface area contributed by atoms with Crippen LogP contribution >= 0.6 is 0 Å². The van der Waals surface area contributed by atoms with E-state index in [2.05, 4.69) is 4.90 Å². The first kappa shape index (κ1) is 9.44. The van der Waals surface area contributed by atoms with Gasteiger partial charge in [-0.25, -0.2) is 0 Å². The molecule has 0 radical (unpaired) electrons. The SMILES string of the molecule is NCCOCC1CCN(C2CC2)C1. The molecule has 3 heteroatoms. The van der Waals surface area contributed by atoms with Crippen LogP contribution in [-0.4, -0.2) is 43.8 Å². The zero-order valence-electron chi connectivity index (χ0n) is 8.24. The topological polar surface area (TPSA) is 38.5 Å². The van der Waals surface area contributed by atoms with Crippen LogP contribution in [0.25, 0.3) is 0 Å². The normalized spacial score (nSPS) is 29.8. The van der Waals surface area contributed by atoms with Gasteiger partial charge in [0, 0.05) is 19.1 Å². The van der Waals surface area contributed by atoms with Gasteiger partial charge in [0.25, 0.3) is 0 Å². The summed E-state index contributed by atoms with van der Waals surface area (Å²) in [6, 6.07) is 0.930. The number of likely N-dealkylation sites (tertiary alicyclic amines) is 1. The third kappa shape index (κ3) is 2.66. The highest BCUT2D eigenvalue weighted by Crippen LogP contribution is 2.31. The van der Waals surface area contributed by atoms with Crippen LogP contribution in [-0.2, 0) is 4.74 Å². The first-order valence-electron chi connectivity index (χ1n) is 5.42. The molecule has 1 atom stereocenters. The molecule has 2 rings (SSSR count). The smallest absolute Gasteiger partial charge is 0.0588 e. The zero-order valence-corrected chi connectivity index (χ0v) is 8.24. The van der Waals surface area contributed by atoms with E-state index in [9.17, 15) is 0 Å². The second-order valence-corrected chi connectivity index (χ2v) is 4.24. The van der Waals surface area contributed by atoms with Gasteiger partial charge in [-0.05, 0) is 31.7 Å². The predicted molar refractivity (Wildman–Crippen MR) is 52.6 cm³/mol. The molecule has 1 aliphatic carbocycles. The minimum Gasteiger partial charge on any atom is -0.380 e. The number of rotatable bonds is 5. The van der Waals surface area contributed by atoms with E-state index in [-0.39, 0.29) is 0 Å². The molecule has 1 aliphatic heterocycles. The summed E-state index contributed by atoms with van der Waals surface area (Å²) in [6.07, 6.45) is 4.17. The molecular weight excluding hydrogens is 164 g/mol. The molecule has 0 aromatic heterocycles. The highest BCUT2D eigenvalue weighted by atomic mass is 16.5. The molecule has 2 aliphatic rings. The molecule has 1 heterocycles. The number of nitrogens with two attached hydrogens (primary N) is 1. The summed E-state index contributed by atoms with van der Waals surface area (Å²) in [5.41, 5.74) is 5.36. The molecule has 1 saturated carbocycles. The average Bonchev–Trinajstić information content (AvgIpc) is 2.88. The number of nitrogens with zero attached hydrogens (tertiary/aromatic N) is 1. The molecule has 0 spiro atoms. The molecule has 13 heavy (non-hydrogen) atoms. The summed E-state index contributed by atoms with van der Waals surface area (Å²) in [7, 11) is 0. The summed E-state index contributed by atoms with van der Waals surface area (Å²) >= 11 is 0. The van der Waals surface area contributed by atoms with Gasteiger partial charge in [0.2, 0.25) is 0 Å². The summed E-state index contributed by atoms with van der Waals surface area (Å²) in [4.78, 5) is 2.62. The van der Waals surface area contributed by atoms with E-state index in [0.29, 0.717) is 6.54 Å².